The summed E-state index contributed by atoms with van der Waals surface area (Å²) in [4.78, 5) is 0.325. The molecule has 6 heteroatoms. The molecule has 0 bridgehead atoms. The lowest BCUT2D eigenvalue weighted by Crippen LogP contribution is -2.26. The van der Waals surface area contributed by atoms with Gasteiger partial charge in [0, 0.05) is 19.4 Å². The third-order valence-corrected chi connectivity index (χ3v) is 4.56. The molecule has 0 heterocycles. The smallest absolute Gasteiger partial charge is 0.178 e. The molecule has 1 atom stereocenters. The van der Waals surface area contributed by atoms with Crippen LogP contribution in [0.4, 0.5) is 5.69 Å². The lowest BCUT2D eigenvalue weighted by molar-refractivity contribution is 0.170. The van der Waals surface area contributed by atoms with E-state index in [0.29, 0.717) is 17.9 Å². The van der Waals surface area contributed by atoms with E-state index in [9.17, 15) is 8.42 Å². The standard InChI is InChI=1S/C13H21NO4S/c1-3-19(16,17)13-6-4-11(5-7-13)14-12(8-9-15)10-18-2/h4-7,12,14-15H,3,8-10H2,1-2H3. The highest BCUT2D eigenvalue weighted by Gasteiger charge is 2.12. The van der Waals surface area contributed by atoms with Crippen molar-refractivity contribution in [3.63, 3.8) is 0 Å². The Morgan fingerprint density at radius 2 is 1.95 bits per heavy atom. The zero-order valence-electron chi connectivity index (χ0n) is 11.3. The van der Waals surface area contributed by atoms with E-state index in [0.717, 1.165) is 5.69 Å². The Hall–Kier alpha value is -1.11. The fraction of sp³-hybridized carbons (Fsp3) is 0.538. The number of hydrogen-bond donors (Lipinski definition) is 2. The van der Waals surface area contributed by atoms with E-state index in [4.69, 9.17) is 9.84 Å². The summed E-state index contributed by atoms with van der Waals surface area (Å²) >= 11 is 0. The second-order valence-corrected chi connectivity index (χ2v) is 6.51. The zero-order chi connectivity index (χ0) is 14.3. The minimum absolute atomic E-state index is 0.00336. The lowest BCUT2D eigenvalue weighted by Gasteiger charge is -2.18. The maximum atomic E-state index is 11.7. The predicted octanol–water partition coefficient (Wildman–Crippen LogP) is 1.29. The molecular formula is C13H21NO4S. The van der Waals surface area contributed by atoms with Crippen LogP contribution < -0.4 is 5.32 Å². The summed E-state index contributed by atoms with van der Waals surface area (Å²) in [5, 5.41) is 12.1. The summed E-state index contributed by atoms with van der Waals surface area (Å²) in [6, 6.07) is 6.63. The second-order valence-electron chi connectivity index (χ2n) is 4.24. The van der Waals surface area contributed by atoms with Crippen molar-refractivity contribution < 1.29 is 18.3 Å². The lowest BCUT2D eigenvalue weighted by atomic mass is 10.2. The molecule has 0 amide bonds. The molecule has 0 radical (unpaired) electrons. The summed E-state index contributed by atoms with van der Waals surface area (Å²) in [5.41, 5.74) is 0.811. The van der Waals surface area contributed by atoms with E-state index in [1.165, 1.54) is 0 Å². The minimum atomic E-state index is -3.16. The van der Waals surface area contributed by atoms with Crippen molar-refractivity contribution in [3.8, 4) is 0 Å². The first-order valence-corrected chi connectivity index (χ1v) is 7.88. The van der Waals surface area contributed by atoms with Crippen LogP contribution in [-0.2, 0) is 14.6 Å². The summed E-state index contributed by atoms with van der Waals surface area (Å²) in [6.07, 6.45) is 0.572. The third kappa shape index (κ3) is 4.81. The molecule has 0 spiro atoms. The molecular weight excluding hydrogens is 266 g/mol. The Morgan fingerprint density at radius 3 is 2.42 bits per heavy atom. The van der Waals surface area contributed by atoms with Crippen molar-refractivity contribution in [2.45, 2.75) is 24.3 Å². The van der Waals surface area contributed by atoms with E-state index < -0.39 is 9.84 Å². The number of hydrogen-bond acceptors (Lipinski definition) is 5. The van der Waals surface area contributed by atoms with Crippen LogP contribution in [0.3, 0.4) is 0 Å². The molecule has 0 saturated carbocycles. The van der Waals surface area contributed by atoms with Gasteiger partial charge in [-0.1, -0.05) is 6.92 Å². The van der Waals surface area contributed by atoms with Gasteiger partial charge >= 0.3 is 0 Å². The Labute approximate surface area is 114 Å². The maximum Gasteiger partial charge on any atom is 0.178 e. The van der Waals surface area contributed by atoms with Crippen molar-refractivity contribution in [2.75, 3.05) is 31.4 Å². The number of ether oxygens (including phenoxy) is 1. The van der Waals surface area contributed by atoms with Crippen molar-refractivity contribution in [1.82, 2.24) is 0 Å². The molecule has 108 valence electrons. The van der Waals surface area contributed by atoms with Gasteiger partial charge in [-0.3, -0.25) is 0 Å². The van der Waals surface area contributed by atoms with Gasteiger partial charge in [-0.2, -0.15) is 0 Å². The van der Waals surface area contributed by atoms with Gasteiger partial charge in [0.2, 0.25) is 0 Å². The fourth-order valence-corrected chi connectivity index (χ4v) is 2.60. The average molecular weight is 287 g/mol. The van der Waals surface area contributed by atoms with E-state index in [1.807, 2.05) is 0 Å². The molecule has 0 fully saturated rings. The van der Waals surface area contributed by atoms with Gasteiger partial charge in [-0.15, -0.1) is 0 Å². The van der Waals surface area contributed by atoms with Gasteiger partial charge < -0.3 is 15.2 Å². The Morgan fingerprint density at radius 1 is 1.32 bits per heavy atom. The summed E-state index contributed by atoms with van der Waals surface area (Å²) < 4.78 is 28.4. The minimum Gasteiger partial charge on any atom is -0.396 e. The second kappa shape index (κ2) is 7.47. The number of benzene rings is 1. The Balaban J connectivity index is 2.76. The monoisotopic (exact) mass is 287 g/mol. The number of rotatable bonds is 8. The number of aliphatic hydroxyl groups is 1. The van der Waals surface area contributed by atoms with E-state index in [2.05, 4.69) is 5.32 Å². The van der Waals surface area contributed by atoms with Crippen LogP contribution in [0.2, 0.25) is 0 Å². The maximum absolute atomic E-state index is 11.7. The first kappa shape index (κ1) is 15.9. The topological polar surface area (TPSA) is 75.6 Å². The third-order valence-electron chi connectivity index (χ3n) is 2.81. The van der Waals surface area contributed by atoms with Crippen LogP contribution in [0.5, 0.6) is 0 Å². The molecule has 19 heavy (non-hydrogen) atoms. The van der Waals surface area contributed by atoms with Crippen LogP contribution in [0.1, 0.15) is 13.3 Å². The number of methoxy groups -OCH3 is 1. The van der Waals surface area contributed by atoms with Crippen molar-refractivity contribution in [3.05, 3.63) is 24.3 Å². The van der Waals surface area contributed by atoms with Gasteiger partial charge in [0.15, 0.2) is 9.84 Å². The van der Waals surface area contributed by atoms with E-state index >= 15 is 0 Å². The SMILES string of the molecule is CCS(=O)(=O)c1ccc(NC(CCO)COC)cc1. The van der Waals surface area contributed by atoms with E-state index in [-0.39, 0.29) is 18.4 Å². The number of nitrogens with one attached hydrogen (secondary N) is 1. The van der Waals surface area contributed by atoms with Gasteiger partial charge in [-0.05, 0) is 30.7 Å². The van der Waals surface area contributed by atoms with Crippen LogP contribution in [0, 0.1) is 0 Å². The molecule has 1 aromatic carbocycles. The molecule has 0 saturated heterocycles. The van der Waals surface area contributed by atoms with E-state index in [1.54, 1.807) is 38.3 Å². The average Bonchev–Trinajstić information content (AvgIpc) is 2.40. The summed E-state index contributed by atoms with van der Waals surface area (Å²) in [7, 11) is -1.56. The molecule has 1 unspecified atom stereocenters. The summed E-state index contributed by atoms with van der Waals surface area (Å²) in [5.74, 6) is 0.0938. The van der Waals surface area contributed by atoms with Crippen LogP contribution in [-0.4, -0.2) is 45.6 Å². The molecule has 0 aromatic heterocycles. The Bertz CT molecular complexity index is 464. The van der Waals surface area contributed by atoms with Crippen LogP contribution >= 0.6 is 0 Å². The number of aliphatic hydroxyl groups excluding tert-OH is 1. The number of sulfone groups is 1. The molecule has 0 aliphatic rings. The highest BCUT2D eigenvalue weighted by Crippen LogP contribution is 2.16. The van der Waals surface area contributed by atoms with Gasteiger partial charge in [0.25, 0.3) is 0 Å². The first-order chi connectivity index (χ1) is 9.03. The molecule has 5 nitrogen and oxygen atoms in total. The fourth-order valence-electron chi connectivity index (χ4n) is 1.72. The Kier molecular flexibility index (Phi) is 6.27. The molecule has 0 aliphatic heterocycles. The van der Waals surface area contributed by atoms with Crippen LogP contribution in [0.25, 0.3) is 0 Å². The predicted molar refractivity (Wildman–Crippen MR) is 75.2 cm³/mol. The van der Waals surface area contributed by atoms with Crippen molar-refractivity contribution in [2.24, 2.45) is 0 Å². The zero-order valence-corrected chi connectivity index (χ0v) is 12.1. The normalized spacial score (nSPS) is 13.2. The van der Waals surface area contributed by atoms with Crippen LogP contribution in [0.15, 0.2) is 29.2 Å². The molecule has 0 aliphatic carbocycles. The molecule has 1 aromatic rings. The quantitative estimate of drug-likeness (QED) is 0.753. The van der Waals surface area contributed by atoms with Crippen molar-refractivity contribution >= 4 is 15.5 Å². The highest BCUT2D eigenvalue weighted by atomic mass is 32.2. The van der Waals surface area contributed by atoms with Gasteiger partial charge in [0.05, 0.1) is 23.3 Å². The number of anilines is 1. The molecule has 2 N–H and O–H groups in total. The van der Waals surface area contributed by atoms with Gasteiger partial charge in [-0.25, -0.2) is 8.42 Å². The first-order valence-electron chi connectivity index (χ1n) is 6.22. The summed E-state index contributed by atoms with van der Waals surface area (Å²) in [6.45, 7) is 2.18. The molecule has 1 rings (SSSR count). The van der Waals surface area contributed by atoms with Crippen molar-refractivity contribution in [1.29, 1.82) is 0 Å². The van der Waals surface area contributed by atoms with Gasteiger partial charge in [0.1, 0.15) is 0 Å². The largest absolute Gasteiger partial charge is 0.396 e. The highest BCUT2D eigenvalue weighted by molar-refractivity contribution is 7.91.